The van der Waals surface area contributed by atoms with Crippen LogP contribution in [0.2, 0.25) is 5.02 Å². The van der Waals surface area contributed by atoms with Gasteiger partial charge in [-0.3, -0.25) is 5.32 Å². The van der Waals surface area contributed by atoms with E-state index in [0.717, 1.165) is 10.0 Å². The first-order chi connectivity index (χ1) is 7.69. The van der Waals surface area contributed by atoms with Crippen LogP contribution in [-0.4, -0.2) is 11.7 Å². The molecule has 0 saturated carbocycles. The lowest BCUT2D eigenvalue weighted by atomic mass is 10.2. The molecule has 3 nitrogen and oxygen atoms in total. The maximum atomic E-state index is 11.6. The summed E-state index contributed by atoms with van der Waals surface area (Å²) in [6.07, 6.45) is -0.509. The van der Waals surface area contributed by atoms with E-state index in [1.54, 1.807) is 6.07 Å². The second-order valence-electron chi connectivity index (χ2n) is 4.71. The van der Waals surface area contributed by atoms with Gasteiger partial charge >= 0.3 is 6.09 Å². The van der Waals surface area contributed by atoms with Crippen molar-refractivity contribution in [1.82, 2.24) is 0 Å². The highest BCUT2D eigenvalue weighted by molar-refractivity contribution is 9.10. The molecule has 0 aromatic heterocycles. The Bertz CT molecular complexity index is 418. The van der Waals surface area contributed by atoms with Crippen LogP contribution < -0.4 is 5.32 Å². The van der Waals surface area contributed by atoms with Gasteiger partial charge in [0.15, 0.2) is 0 Å². The van der Waals surface area contributed by atoms with Crippen molar-refractivity contribution in [3.63, 3.8) is 0 Å². The molecule has 1 rings (SSSR count). The van der Waals surface area contributed by atoms with Crippen LogP contribution >= 0.6 is 27.5 Å². The molecule has 0 aliphatic heterocycles. The molecule has 1 N–H and O–H groups in total. The molecule has 0 saturated heterocycles. The number of carbonyl (C=O) groups is 1. The summed E-state index contributed by atoms with van der Waals surface area (Å²) >= 11 is 9.38. The van der Waals surface area contributed by atoms with E-state index >= 15 is 0 Å². The minimum atomic E-state index is -0.528. The number of aryl methyl sites for hydroxylation is 1. The van der Waals surface area contributed by atoms with Gasteiger partial charge in [-0.05, 0) is 45.4 Å². The molecule has 17 heavy (non-hydrogen) atoms. The standard InChI is InChI=1S/C12H15BrClNO2/c1-7-5-8(13)6-9(14)10(7)15-11(16)17-12(2,3)4/h5-6H,1-4H3,(H,15,16). The SMILES string of the molecule is Cc1cc(Br)cc(Cl)c1NC(=O)OC(C)(C)C. The van der Waals surface area contributed by atoms with Gasteiger partial charge in [0.25, 0.3) is 0 Å². The molecule has 1 aromatic rings. The third kappa shape index (κ3) is 4.56. The molecule has 5 heteroatoms. The van der Waals surface area contributed by atoms with Gasteiger partial charge in [-0.15, -0.1) is 0 Å². The molecule has 0 unspecified atom stereocenters. The third-order valence-corrected chi connectivity index (χ3v) is 2.63. The Kier molecular flexibility index (Phi) is 4.44. The van der Waals surface area contributed by atoms with Gasteiger partial charge in [0.2, 0.25) is 0 Å². The number of benzene rings is 1. The van der Waals surface area contributed by atoms with Crippen molar-refractivity contribution in [3.8, 4) is 0 Å². The summed E-state index contributed by atoms with van der Waals surface area (Å²) in [4.78, 5) is 11.6. The number of rotatable bonds is 1. The summed E-state index contributed by atoms with van der Waals surface area (Å²) in [7, 11) is 0. The highest BCUT2D eigenvalue weighted by Gasteiger charge is 2.17. The Morgan fingerprint density at radius 2 is 2.00 bits per heavy atom. The average Bonchev–Trinajstić information content (AvgIpc) is 2.08. The molecule has 0 heterocycles. The summed E-state index contributed by atoms with van der Waals surface area (Å²) < 4.78 is 6.03. The Labute approximate surface area is 115 Å². The first kappa shape index (κ1) is 14.3. The van der Waals surface area contributed by atoms with E-state index in [2.05, 4.69) is 21.2 Å². The highest BCUT2D eigenvalue weighted by atomic mass is 79.9. The molecule has 0 bridgehead atoms. The number of hydrogen-bond donors (Lipinski definition) is 1. The number of halogens is 2. The summed E-state index contributed by atoms with van der Waals surface area (Å²) in [6, 6.07) is 3.60. The van der Waals surface area contributed by atoms with E-state index in [1.165, 1.54) is 0 Å². The van der Waals surface area contributed by atoms with E-state index < -0.39 is 11.7 Å². The molecular weight excluding hydrogens is 305 g/mol. The summed E-state index contributed by atoms with van der Waals surface area (Å²) in [6.45, 7) is 7.29. The van der Waals surface area contributed by atoms with Crippen LogP contribution in [0.3, 0.4) is 0 Å². The van der Waals surface area contributed by atoms with E-state index in [9.17, 15) is 4.79 Å². The van der Waals surface area contributed by atoms with Crippen molar-refractivity contribution >= 4 is 39.3 Å². The van der Waals surface area contributed by atoms with Gasteiger partial charge in [0.05, 0.1) is 10.7 Å². The molecule has 1 amide bonds. The quantitative estimate of drug-likeness (QED) is 0.810. The highest BCUT2D eigenvalue weighted by Crippen LogP contribution is 2.30. The number of carbonyl (C=O) groups excluding carboxylic acids is 1. The fourth-order valence-corrected chi connectivity index (χ4v) is 2.28. The fraction of sp³-hybridized carbons (Fsp3) is 0.417. The zero-order valence-electron chi connectivity index (χ0n) is 10.2. The Morgan fingerprint density at radius 3 is 2.47 bits per heavy atom. The van der Waals surface area contributed by atoms with Crippen LogP contribution in [0.4, 0.5) is 10.5 Å². The minimum Gasteiger partial charge on any atom is -0.444 e. The van der Waals surface area contributed by atoms with E-state index in [4.69, 9.17) is 16.3 Å². The maximum absolute atomic E-state index is 11.6. The zero-order valence-corrected chi connectivity index (χ0v) is 12.6. The number of hydrogen-bond acceptors (Lipinski definition) is 2. The van der Waals surface area contributed by atoms with Crippen LogP contribution in [-0.2, 0) is 4.74 Å². The second-order valence-corrected chi connectivity index (χ2v) is 6.03. The van der Waals surface area contributed by atoms with E-state index in [1.807, 2.05) is 33.8 Å². The smallest absolute Gasteiger partial charge is 0.412 e. The van der Waals surface area contributed by atoms with Gasteiger partial charge < -0.3 is 4.74 Å². The summed E-state index contributed by atoms with van der Waals surface area (Å²) in [5.74, 6) is 0. The summed E-state index contributed by atoms with van der Waals surface area (Å²) in [5, 5.41) is 3.12. The first-order valence-corrected chi connectivity index (χ1v) is 6.32. The molecule has 0 aliphatic rings. The van der Waals surface area contributed by atoms with Crippen molar-refractivity contribution in [1.29, 1.82) is 0 Å². The van der Waals surface area contributed by atoms with Gasteiger partial charge in [0, 0.05) is 4.47 Å². The van der Waals surface area contributed by atoms with Crippen LogP contribution in [0.15, 0.2) is 16.6 Å². The molecule has 0 radical (unpaired) electrons. The average molecular weight is 321 g/mol. The Morgan fingerprint density at radius 1 is 1.41 bits per heavy atom. The van der Waals surface area contributed by atoms with Gasteiger partial charge in [-0.25, -0.2) is 4.79 Å². The third-order valence-electron chi connectivity index (χ3n) is 1.88. The topological polar surface area (TPSA) is 38.3 Å². The van der Waals surface area contributed by atoms with Crippen LogP contribution in [0.1, 0.15) is 26.3 Å². The molecule has 0 atom stereocenters. The van der Waals surface area contributed by atoms with Crippen LogP contribution in [0, 0.1) is 6.92 Å². The Hall–Kier alpha value is -0.740. The number of amides is 1. The number of anilines is 1. The van der Waals surface area contributed by atoms with Gasteiger partial charge in [-0.2, -0.15) is 0 Å². The first-order valence-electron chi connectivity index (χ1n) is 5.15. The molecular formula is C12H15BrClNO2. The molecule has 0 aliphatic carbocycles. The number of ether oxygens (including phenoxy) is 1. The largest absolute Gasteiger partial charge is 0.444 e. The van der Waals surface area contributed by atoms with Crippen LogP contribution in [0.25, 0.3) is 0 Å². The monoisotopic (exact) mass is 319 g/mol. The summed E-state index contributed by atoms with van der Waals surface area (Å²) in [5.41, 5.74) is 0.916. The molecule has 0 fully saturated rings. The van der Waals surface area contributed by atoms with E-state index in [0.29, 0.717) is 10.7 Å². The zero-order chi connectivity index (χ0) is 13.2. The fourth-order valence-electron chi connectivity index (χ4n) is 1.27. The second kappa shape index (κ2) is 5.27. The Balaban J connectivity index is 2.86. The predicted octanol–water partition coefficient (Wildman–Crippen LogP) is 4.76. The normalized spacial score (nSPS) is 11.2. The van der Waals surface area contributed by atoms with Gasteiger partial charge in [-0.1, -0.05) is 27.5 Å². The van der Waals surface area contributed by atoms with E-state index in [-0.39, 0.29) is 0 Å². The minimum absolute atomic E-state index is 0.475. The molecule has 0 spiro atoms. The van der Waals surface area contributed by atoms with Crippen molar-refractivity contribution in [2.24, 2.45) is 0 Å². The molecule has 1 aromatic carbocycles. The lowest BCUT2D eigenvalue weighted by Crippen LogP contribution is -2.27. The van der Waals surface area contributed by atoms with Crippen molar-refractivity contribution in [2.45, 2.75) is 33.3 Å². The van der Waals surface area contributed by atoms with Crippen molar-refractivity contribution in [2.75, 3.05) is 5.32 Å². The van der Waals surface area contributed by atoms with Crippen LogP contribution in [0.5, 0.6) is 0 Å². The lowest BCUT2D eigenvalue weighted by molar-refractivity contribution is 0.0636. The number of nitrogens with one attached hydrogen (secondary N) is 1. The van der Waals surface area contributed by atoms with Crippen molar-refractivity contribution < 1.29 is 9.53 Å². The molecule has 94 valence electrons. The van der Waals surface area contributed by atoms with Crippen molar-refractivity contribution in [3.05, 3.63) is 27.2 Å². The maximum Gasteiger partial charge on any atom is 0.412 e. The predicted molar refractivity (Wildman–Crippen MR) is 73.7 cm³/mol. The van der Waals surface area contributed by atoms with Gasteiger partial charge in [0.1, 0.15) is 5.60 Å². The lowest BCUT2D eigenvalue weighted by Gasteiger charge is -2.20.